The molecule has 1 atom stereocenters. The predicted octanol–water partition coefficient (Wildman–Crippen LogP) is 4.63. The van der Waals surface area contributed by atoms with Crippen molar-refractivity contribution in [1.29, 1.82) is 0 Å². The quantitative estimate of drug-likeness (QED) is 0.795. The Morgan fingerprint density at radius 1 is 1.00 bits per heavy atom. The van der Waals surface area contributed by atoms with Crippen LogP contribution in [-0.2, 0) is 5.41 Å². The van der Waals surface area contributed by atoms with Crippen molar-refractivity contribution < 1.29 is 0 Å². The summed E-state index contributed by atoms with van der Waals surface area (Å²) in [6, 6.07) is 4.54. The number of benzene rings is 1. The second-order valence-corrected chi connectivity index (χ2v) is 8.14. The molecule has 4 N–H and O–H groups in total. The molecule has 0 radical (unpaired) electrons. The first-order valence-electron chi connectivity index (χ1n) is 9.46. The minimum Gasteiger partial charge on any atom is -0.383 e. The number of fused-ring (bicyclic) bond motifs is 2. The van der Waals surface area contributed by atoms with Gasteiger partial charge in [0, 0.05) is 11.1 Å². The van der Waals surface area contributed by atoms with Crippen LogP contribution in [0.15, 0.2) is 12.1 Å². The summed E-state index contributed by atoms with van der Waals surface area (Å²) in [6.07, 6.45) is 7.97. The van der Waals surface area contributed by atoms with Gasteiger partial charge in [-0.2, -0.15) is 0 Å². The molecule has 1 aromatic carbocycles. The number of anilines is 2. The molecule has 2 aliphatic rings. The third-order valence-corrected chi connectivity index (χ3v) is 6.44. The van der Waals surface area contributed by atoms with Gasteiger partial charge in [0.15, 0.2) is 5.82 Å². The molecule has 1 aromatic heterocycles. The highest BCUT2D eigenvalue weighted by molar-refractivity contribution is 5.67. The van der Waals surface area contributed by atoms with Gasteiger partial charge in [-0.05, 0) is 73.3 Å². The molecular formula is C21H28N4. The van der Waals surface area contributed by atoms with Crippen LogP contribution in [0, 0.1) is 13.8 Å². The standard InChI is InChI=1S/C21H28N4/c1-12-9-15(20-24-18(22)14(3)19(23)25-20)10-16-17(12)13(2)11-21(16)7-5-4-6-8-21/h9-10,13H,4-8,11H2,1-3H3,(H4,22,23,24,25). The molecule has 4 heteroatoms. The number of hydrogen-bond acceptors (Lipinski definition) is 4. The third-order valence-electron chi connectivity index (χ3n) is 6.44. The Hall–Kier alpha value is -2.10. The minimum atomic E-state index is 0.357. The van der Waals surface area contributed by atoms with Gasteiger partial charge < -0.3 is 11.5 Å². The van der Waals surface area contributed by atoms with Gasteiger partial charge >= 0.3 is 0 Å². The number of nitrogen functional groups attached to an aromatic ring is 2. The van der Waals surface area contributed by atoms with Gasteiger partial charge in [-0.1, -0.05) is 26.2 Å². The van der Waals surface area contributed by atoms with Crippen molar-refractivity contribution in [2.45, 2.75) is 70.6 Å². The zero-order valence-electron chi connectivity index (χ0n) is 15.5. The minimum absolute atomic E-state index is 0.357. The van der Waals surface area contributed by atoms with E-state index in [1.54, 1.807) is 5.56 Å². The molecule has 2 aliphatic carbocycles. The molecule has 0 aliphatic heterocycles. The summed E-state index contributed by atoms with van der Waals surface area (Å²) in [6.45, 7) is 6.47. The first kappa shape index (κ1) is 16.4. The molecule has 132 valence electrons. The van der Waals surface area contributed by atoms with Gasteiger partial charge in [0.1, 0.15) is 11.6 Å². The Morgan fingerprint density at radius 2 is 1.64 bits per heavy atom. The molecule has 0 amide bonds. The molecule has 25 heavy (non-hydrogen) atoms. The highest BCUT2D eigenvalue weighted by atomic mass is 15.0. The van der Waals surface area contributed by atoms with Crippen LogP contribution in [0.2, 0.25) is 0 Å². The molecule has 2 aromatic rings. The lowest BCUT2D eigenvalue weighted by molar-refractivity contribution is 0.283. The number of nitrogens with zero attached hydrogens (tertiary/aromatic N) is 2. The Kier molecular flexibility index (Phi) is 3.75. The SMILES string of the molecule is Cc1cc(-c2nc(N)c(C)c(N)n2)cc2c1C(C)CC21CCCCC1. The zero-order valence-corrected chi connectivity index (χ0v) is 15.5. The fourth-order valence-electron chi connectivity index (χ4n) is 5.20. The lowest BCUT2D eigenvalue weighted by Crippen LogP contribution is -2.26. The summed E-state index contributed by atoms with van der Waals surface area (Å²) in [4.78, 5) is 9.02. The first-order chi connectivity index (χ1) is 11.9. The first-order valence-corrected chi connectivity index (χ1v) is 9.46. The van der Waals surface area contributed by atoms with Crippen LogP contribution in [0.3, 0.4) is 0 Å². The second-order valence-electron chi connectivity index (χ2n) is 8.14. The van der Waals surface area contributed by atoms with E-state index < -0.39 is 0 Å². The van der Waals surface area contributed by atoms with Gasteiger partial charge in [0.25, 0.3) is 0 Å². The van der Waals surface area contributed by atoms with Crippen molar-refractivity contribution in [3.05, 3.63) is 34.4 Å². The summed E-state index contributed by atoms with van der Waals surface area (Å²) >= 11 is 0. The van der Waals surface area contributed by atoms with Gasteiger partial charge in [0.05, 0.1) is 0 Å². The highest BCUT2D eigenvalue weighted by Crippen LogP contribution is 2.54. The van der Waals surface area contributed by atoms with E-state index in [4.69, 9.17) is 11.5 Å². The van der Waals surface area contributed by atoms with Crippen LogP contribution in [0.5, 0.6) is 0 Å². The largest absolute Gasteiger partial charge is 0.383 e. The van der Waals surface area contributed by atoms with Crippen molar-refractivity contribution in [2.75, 3.05) is 11.5 Å². The van der Waals surface area contributed by atoms with E-state index in [0.29, 0.717) is 28.8 Å². The predicted molar refractivity (Wildman–Crippen MR) is 104 cm³/mol. The lowest BCUT2D eigenvalue weighted by atomic mass is 9.69. The van der Waals surface area contributed by atoms with Crippen molar-refractivity contribution in [3.8, 4) is 11.4 Å². The van der Waals surface area contributed by atoms with E-state index in [2.05, 4.69) is 35.9 Å². The van der Waals surface area contributed by atoms with Gasteiger partial charge in [0.2, 0.25) is 0 Å². The van der Waals surface area contributed by atoms with E-state index in [9.17, 15) is 0 Å². The number of hydrogen-bond donors (Lipinski definition) is 2. The molecular weight excluding hydrogens is 308 g/mol. The van der Waals surface area contributed by atoms with E-state index in [-0.39, 0.29) is 0 Å². The number of aromatic nitrogens is 2. The van der Waals surface area contributed by atoms with E-state index in [1.165, 1.54) is 49.7 Å². The Balaban J connectivity index is 1.88. The molecule has 4 nitrogen and oxygen atoms in total. The van der Waals surface area contributed by atoms with Crippen molar-refractivity contribution in [2.24, 2.45) is 0 Å². The average molecular weight is 336 g/mol. The zero-order chi connectivity index (χ0) is 17.8. The summed E-state index contributed by atoms with van der Waals surface area (Å²) in [7, 11) is 0. The van der Waals surface area contributed by atoms with Crippen LogP contribution in [0.4, 0.5) is 11.6 Å². The summed E-state index contributed by atoms with van der Waals surface area (Å²) in [5, 5.41) is 0. The summed E-state index contributed by atoms with van der Waals surface area (Å²) < 4.78 is 0. The smallest absolute Gasteiger partial charge is 0.163 e. The second kappa shape index (κ2) is 5.72. The number of nitrogens with two attached hydrogens (primary N) is 2. The molecule has 0 bridgehead atoms. The Labute approximate surface area is 150 Å². The molecule has 1 spiro atoms. The maximum Gasteiger partial charge on any atom is 0.163 e. The Morgan fingerprint density at radius 3 is 2.28 bits per heavy atom. The normalized spacial score (nSPS) is 21.5. The maximum absolute atomic E-state index is 6.04. The maximum atomic E-state index is 6.04. The number of aryl methyl sites for hydroxylation is 1. The van der Waals surface area contributed by atoms with Crippen molar-refractivity contribution in [1.82, 2.24) is 9.97 Å². The van der Waals surface area contributed by atoms with Crippen LogP contribution in [0.25, 0.3) is 11.4 Å². The van der Waals surface area contributed by atoms with Crippen LogP contribution < -0.4 is 11.5 Å². The fourth-order valence-corrected chi connectivity index (χ4v) is 5.20. The molecule has 1 fully saturated rings. The van der Waals surface area contributed by atoms with E-state index in [0.717, 1.165) is 11.1 Å². The monoisotopic (exact) mass is 336 g/mol. The van der Waals surface area contributed by atoms with E-state index >= 15 is 0 Å². The molecule has 4 rings (SSSR count). The molecule has 1 heterocycles. The highest BCUT2D eigenvalue weighted by Gasteiger charge is 2.43. The fraction of sp³-hybridized carbons (Fsp3) is 0.524. The van der Waals surface area contributed by atoms with E-state index in [1.807, 2.05) is 6.92 Å². The van der Waals surface area contributed by atoms with Crippen molar-refractivity contribution >= 4 is 11.6 Å². The Bertz CT molecular complexity index is 811. The number of rotatable bonds is 1. The van der Waals surface area contributed by atoms with Crippen LogP contribution >= 0.6 is 0 Å². The van der Waals surface area contributed by atoms with Crippen molar-refractivity contribution in [3.63, 3.8) is 0 Å². The summed E-state index contributed by atoms with van der Waals surface area (Å²) in [5.74, 6) is 2.23. The van der Waals surface area contributed by atoms with Crippen LogP contribution in [-0.4, -0.2) is 9.97 Å². The topological polar surface area (TPSA) is 77.8 Å². The van der Waals surface area contributed by atoms with Gasteiger partial charge in [-0.3, -0.25) is 0 Å². The van der Waals surface area contributed by atoms with Gasteiger partial charge in [-0.15, -0.1) is 0 Å². The summed E-state index contributed by atoms with van der Waals surface area (Å²) in [5.41, 5.74) is 18.7. The molecule has 1 unspecified atom stereocenters. The van der Waals surface area contributed by atoms with Crippen LogP contribution in [0.1, 0.15) is 73.6 Å². The lowest BCUT2D eigenvalue weighted by Gasteiger charge is -2.35. The third kappa shape index (κ3) is 2.50. The average Bonchev–Trinajstić information content (AvgIpc) is 2.85. The molecule has 1 saturated carbocycles. The molecule has 0 saturated heterocycles. The van der Waals surface area contributed by atoms with Gasteiger partial charge in [-0.25, -0.2) is 9.97 Å².